The molecule has 0 bridgehead atoms. The van der Waals surface area contributed by atoms with Gasteiger partial charge in [0.2, 0.25) is 11.1 Å². The van der Waals surface area contributed by atoms with E-state index in [0.717, 1.165) is 17.1 Å². The first-order valence-electron chi connectivity index (χ1n) is 7.90. The van der Waals surface area contributed by atoms with Crippen LogP contribution in [0.2, 0.25) is 0 Å². The minimum absolute atomic E-state index is 0.0673. The number of nitrogens with zero attached hydrogens (tertiary/aromatic N) is 3. The number of nitrogens with one attached hydrogen (secondary N) is 2. The fourth-order valence-corrected chi connectivity index (χ4v) is 3.75. The number of hydrogen-bond donors (Lipinski definition) is 2. The summed E-state index contributed by atoms with van der Waals surface area (Å²) in [5, 5.41) is 11.4. The first-order chi connectivity index (χ1) is 12.1. The second-order valence-corrected chi connectivity index (χ2v) is 6.68. The third kappa shape index (κ3) is 3.72. The number of benzene rings is 1. The molecule has 2 N–H and O–H groups in total. The zero-order valence-corrected chi connectivity index (χ0v) is 15.2. The van der Waals surface area contributed by atoms with E-state index in [4.69, 9.17) is 9.47 Å². The normalized spacial score (nSPS) is 19.0. The lowest BCUT2D eigenvalue weighted by Crippen LogP contribution is -2.44. The molecule has 0 fully saturated rings. The number of aromatic nitrogens is 3. The van der Waals surface area contributed by atoms with Crippen molar-refractivity contribution in [2.24, 2.45) is 0 Å². The minimum atomic E-state index is -0.374. The maximum Gasteiger partial charge on any atom is 0.236 e. The van der Waals surface area contributed by atoms with Gasteiger partial charge in [-0.3, -0.25) is 4.79 Å². The second-order valence-electron chi connectivity index (χ2n) is 5.57. The number of methoxy groups -OCH3 is 2. The van der Waals surface area contributed by atoms with E-state index < -0.39 is 0 Å². The molecule has 1 amide bonds. The molecule has 25 heavy (non-hydrogen) atoms. The van der Waals surface area contributed by atoms with E-state index in [2.05, 4.69) is 20.9 Å². The molecule has 2 atom stereocenters. The van der Waals surface area contributed by atoms with E-state index in [-0.39, 0.29) is 17.2 Å². The van der Waals surface area contributed by atoms with Crippen molar-refractivity contribution in [3.63, 3.8) is 0 Å². The average Bonchev–Trinajstić information content (AvgIpc) is 3.01. The Labute approximate surface area is 150 Å². The Hall–Kier alpha value is -2.26. The van der Waals surface area contributed by atoms with Crippen molar-refractivity contribution in [3.8, 4) is 5.75 Å². The summed E-state index contributed by atoms with van der Waals surface area (Å²) in [5.74, 6) is 1.45. The maximum absolute atomic E-state index is 12.7. The zero-order chi connectivity index (χ0) is 17.8. The molecule has 9 heteroatoms. The fourth-order valence-electron chi connectivity index (χ4n) is 2.60. The van der Waals surface area contributed by atoms with Gasteiger partial charge in [-0.05, 0) is 24.6 Å². The number of aryl methyl sites for hydroxylation is 1. The van der Waals surface area contributed by atoms with Gasteiger partial charge in [0.25, 0.3) is 0 Å². The highest BCUT2D eigenvalue weighted by Gasteiger charge is 2.37. The third-order valence-electron chi connectivity index (χ3n) is 3.94. The molecule has 1 aliphatic heterocycles. The van der Waals surface area contributed by atoms with Crippen LogP contribution in [0.5, 0.6) is 5.75 Å². The van der Waals surface area contributed by atoms with Gasteiger partial charge in [0.1, 0.15) is 16.8 Å². The highest BCUT2D eigenvalue weighted by molar-refractivity contribution is 8.00. The molecular formula is C16H21N5O3S. The molecule has 0 spiro atoms. The van der Waals surface area contributed by atoms with Crippen LogP contribution < -0.4 is 15.5 Å². The van der Waals surface area contributed by atoms with Crippen LogP contribution >= 0.6 is 11.8 Å². The molecule has 134 valence electrons. The van der Waals surface area contributed by atoms with Gasteiger partial charge in [-0.25, -0.2) is 4.68 Å². The first kappa shape index (κ1) is 17.6. The monoisotopic (exact) mass is 363 g/mol. The van der Waals surface area contributed by atoms with Crippen molar-refractivity contribution in [1.29, 1.82) is 0 Å². The van der Waals surface area contributed by atoms with E-state index in [0.29, 0.717) is 18.3 Å². The molecule has 0 saturated carbocycles. The lowest BCUT2D eigenvalue weighted by Gasteiger charge is -2.32. The number of thioether (sulfide) groups is 1. The van der Waals surface area contributed by atoms with Crippen LogP contribution in [0, 0.1) is 6.92 Å². The number of rotatable bonds is 6. The van der Waals surface area contributed by atoms with Crippen LogP contribution in [-0.4, -0.2) is 53.4 Å². The lowest BCUT2D eigenvalue weighted by atomic mass is 10.0. The van der Waals surface area contributed by atoms with Gasteiger partial charge >= 0.3 is 0 Å². The molecule has 1 aromatic heterocycles. The second kappa shape index (κ2) is 7.75. The molecule has 1 aliphatic rings. The van der Waals surface area contributed by atoms with Crippen molar-refractivity contribution in [1.82, 2.24) is 20.2 Å². The summed E-state index contributed by atoms with van der Waals surface area (Å²) in [4.78, 5) is 12.7. The van der Waals surface area contributed by atoms with Gasteiger partial charge in [0.15, 0.2) is 0 Å². The van der Waals surface area contributed by atoms with E-state index in [9.17, 15) is 4.79 Å². The lowest BCUT2D eigenvalue weighted by molar-refractivity contribution is -0.121. The van der Waals surface area contributed by atoms with Crippen molar-refractivity contribution in [2.45, 2.75) is 23.4 Å². The largest absolute Gasteiger partial charge is 0.497 e. The quantitative estimate of drug-likeness (QED) is 0.743. The van der Waals surface area contributed by atoms with Crippen LogP contribution in [0.4, 0.5) is 0 Å². The van der Waals surface area contributed by atoms with Gasteiger partial charge in [-0.2, -0.15) is 0 Å². The zero-order valence-electron chi connectivity index (χ0n) is 14.4. The number of hydrogen-bond acceptors (Lipinski definition) is 7. The van der Waals surface area contributed by atoms with Gasteiger partial charge in [0, 0.05) is 13.7 Å². The standard InChI is InChI=1S/C16H21N5O3S/c1-10-18-19-16-21(10)20-13(11-4-6-12(24-3)7-5-11)14(25-16)15(22)17-8-9-23-2/h4-7,13-14,20H,8-9H2,1-3H3,(H,17,22)/t13-,14-/m1/s1. The highest BCUT2D eigenvalue weighted by atomic mass is 32.2. The van der Waals surface area contributed by atoms with E-state index in [1.54, 1.807) is 14.2 Å². The Morgan fingerprint density at radius 2 is 2.08 bits per heavy atom. The van der Waals surface area contributed by atoms with Crippen LogP contribution in [0.15, 0.2) is 29.4 Å². The van der Waals surface area contributed by atoms with E-state index in [1.807, 2.05) is 35.9 Å². The Morgan fingerprint density at radius 1 is 1.32 bits per heavy atom. The van der Waals surface area contributed by atoms with Crippen LogP contribution in [-0.2, 0) is 9.53 Å². The Bertz CT molecular complexity index is 734. The highest BCUT2D eigenvalue weighted by Crippen LogP contribution is 2.37. The minimum Gasteiger partial charge on any atom is -0.497 e. The summed E-state index contributed by atoms with van der Waals surface area (Å²) >= 11 is 1.40. The smallest absolute Gasteiger partial charge is 0.236 e. The molecule has 0 radical (unpaired) electrons. The summed E-state index contributed by atoms with van der Waals surface area (Å²) < 4.78 is 12.0. The molecule has 0 aliphatic carbocycles. The van der Waals surface area contributed by atoms with Crippen molar-refractivity contribution >= 4 is 17.7 Å². The molecule has 1 aromatic carbocycles. The Balaban J connectivity index is 1.87. The average molecular weight is 363 g/mol. The van der Waals surface area contributed by atoms with Crippen LogP contribution in [0.1, 0.15) is 17.4 Å². The maximum atomic E-state index is 12.7. The molecule has 3 rings (SSSR count). The van der Waals surface area contributed by atoms with Crippen molar-refractivity contribution in [2.75, 3.05) is 32.8 Å². The number of ether oxygens (including phenoxy) is 2. The summed E-state index contributed by atoms with van der Waals surface area (Å²) in [7, 11) is 3.23. The SMILES string of the molecule is COCCNC(=O)[C@@H]1Sc2nnc(C)n2N[C@@H]1c1ccc(OC)cc1. The van der Waals surface area contributed by atoms with E-state index in [1.165, 1.54) is 11.8 Å². The summed E-state index contributed by atoms with van der Waals surface area (Å²) in [6.07, 6.45) is 0. The summed E-state index contributed by atoms with van der Waals surface area (Å²) in [5.41, 5.74) is 4.34. The summed E-state index contributed by atoms with van der Waals surface area (Å²) in [6.45, 7) is 2.81. The topological polar surface area (TPSA) is 90.3 Å². The van der Waals surface area contributed by atoms with Gasteiger partial charge in [-0.1, -0.05) is 23.9 Å². The molecule has 8 nitrogen and oxygen atoms in total. The number of carbonyl (C=O) groups is 1. The summed E-state index contributed by atoms with van der Waals surface area (Å²) in [6, 6.07) is 7.46. The van der Waals surface area contributed by atoms with Gasteiger partial charge < -0.3 is 20.2 Å². The number of amides is 1. The predicted octanol–water partition coefficient (Wildman–Crippen LogP) is 1.12. The van der Waals surface area contributed by atoms with Gasteiger partial charge in [-0.15, -0.1) is 10.2 Å². The Kier molecular flexibility index (Phi) is 5.44. The van der Waals surface area contributed by atoms with Crippen molar-refractivity contribution in [3.05, 3.63) is 35.7 Å². The first-order valence-corrected chi connectivity index (χ1v) is 8.78. The van der Waals surface area contributed by atoms with Crippen molar-refractivity contribution < 1.29 is 14.3 Å². The fraction of sp³-hybridized carbons (Fsp3) is 0.438. The van der Waals surface area contributed by atoms with E-state index >= 15 is 0 Å². The molecule has 0 saturated heterocycles. The molecule has 2 aromatic rings. The Morgan fingerprint density at radius 3 is 2.76 bits per heavy atom. The third-order valence-corrected chi connectivity index (χ3v) is 5.15. The van der Waals surface area contributed by atoms with Crippen LogP contribution in [0.25, 0.3) is 0 Å². The molecule has 2 heterocycles. The molecular weight excluding hydrogens is 342 g/mol. The molecule has 0 unspecified atom stereocenters. The number of carbonyl (C=O) groups excluding carboxylic acids is 1. The van der Waals surface area contributed by atoms with Gasteiger partial charge in [0.05, 0.1) is 19.8 Å². The predicted molar refractivity (Wildman–Crippen MR) is 94.4 cm³/mol. The van der Waals surface area contributed by atoms with Crippen LogP contribution in [0.3, 0.4) is 0 Å². The number of fused-ring (bicyclic) bond motifs is 1.